The summed E-state index contributed by atoms with van der Waals surface area (Å²) in [6, 6.07) is 10.6. The number of piperidine rings is 1. The molecule has 1 aliphatic rings. The highest BCUT2D eigenvalue weighted by Crippen LogP contribution is 2.29. The van der Waals surface area contributed by atoms with Crippen LogP contribution in [0.3, 0.4) is 0 Å². The van der Waals surface area contributed by atoms with Gasteiger partial charge in [0.05, 0.1) is 5.56 Å². The van der Waals surface area contributed by atoms with Crippen molar-refractivity contribution in [1.82, 2.24) is 20.1 Å². The fourth-order valence-electron chi connectivity index (χ4n) is 3.24. The number of benzene rings is 1. The van der Waals surface area contributed by atoms with Crippen molar-refractivity contribution < 1.29 is 8.81 Å². The minimum atomic E-state index is -0.179. The summed E-state index contributed by atoms with van der Waals surface area (Å²) in [5, 5.41) is 8.37. The first-order valence-corrected chi connectivity index (χ1v) is 8.48. The third kappa shape index (κ3) is 3.74. The van der Waals surface area contributed by atoms with Gasteiger partial charge in [0.15, 0.2) is 0 Å². The van der Waals surface area contributed by atoms with Crippen molar-refractivity contribution in [3.05, 3.63) is 66.1 Å². The Morgan fingerprint density at radius 1 is 1.12 bits per heavy atom. The first kappa shape index (κ1) is 15.9. The minimum absolute atomic E-state index is 0.179. The summed E-state index contributed by atoms with van der Waals surface area (Å²) in [6.45, 7) is 2.65. The quantitative estimate of drug-likeness (QED) is 0.727. The van der Waals surface area contributed by atoms with Crippen molar-refractivity contribution in [1.29, 1.82) is 0 Å². The number of hydrogen-bond acceptors (Lipinski definition) is 5. The van der Waals surface area contributed by atoms with Gasteiger partial charge in [-0.25, -0.2) is 4.39 Å². The number of hydrogen-bond donors (Lipinski definition) is 0. The summed E-state index contributed by atoms with van der Waals surface area (Å²) in [4.78, 5) is 6.41. The summed E-state index contributed by atoms with van der Waals surface area (Å²) in [7, 11) is 0. The molecule has 1 saturated heterocycles. The normalized spacial score (nSPS) is 16.2. The summed E-state index contributed by atoms with van der Waals surface area (Å²) in [6.07, 6.45) is 5.36. The van der Waals surface area contributed by atoms with Gasteiger partial charge in [-0.15, -0.1) is 10.2 Å². The molecule has 0 unspecified atom stereocenters. The second kappa shape index (κ2) is 7.11. The van der Waals surface area contributed by atoms with Crippen molar-refractivity contribution in [2.75, 3.05) is 13.1 Å². The second-order valence-corrected chi connectivity index (χ2v) is 6.37. The number of nitrogens with zero attached hydrogens (tertiary/aromatic N) is 4. The van der Waals surface area contributed by atoms with Gasteiger partial charge in [-0.2, -0.15) is 0 Å². The molecular weight excluding hydrogens is 319 g/mol. The topological polar surface area (TPSA) is 55.1 Å². The van der Waals surface area contributed by atoms with Gasteiger partial charge in [-0.3, -0.25) is 9.88 Å². The predicted octanol–water partition coefficient (Wildman–Crippen LogP) is 3.65. The van der Waals surface area contributed by atoms with Gasteiger partial charge in [-0.05, 0) is 55.8 Å². The molecular formula is C19H19FN4O. The highest BCUT2D eigenvalue weighted by Gasteiger charge is 2.25. The highest BCUT2D eigenvalue weighted by molar-refractivity contribution is 5.49. The fourth-order valence-corrected chi connectivity index (χ4v) is 3.24. The molecule has 1 aromatic carbocycles. The highest BCUT2D eigenvalue weighted by atomic mass is 19.1. The molecule has 0 N–H and O–H groups in total. The molecule has 0 atom stereocenters. The van der Waals surface area contributed by atoms with Gasteiger partial charge in [0, 0.05) is 24.9 Å². The smallest absolute Gasteiger partial charge is 0.249 e. The van der Waals surface area contributed by atoms with Gasteiger partial charge in [0.1, 0.15) is 5.82 Å². The molecule has 5 nitrogen and oxygen atoms in total. The van der Waals surface area contributed by atoms with E-state index in [0.717, 1.165) is 43.6 Å². The van der Waals surface area contributed by atoms with E-state index >= 15 is 0 Å². The first-order valence-electron chi connectivity index (χ1n) is 8.48. The maximum atomic E-state index is 13.3. The van der Waals surface area contributed by atoms with Crippen molar-refractivity contribution in [2.24, 2.45) is 0 Å². The molecule has 3 heterocycles. The molecule has 0 radical (unpaired) electrons. The average molecular weight is 338 g/mol. The molecule has 25 heavy (non-hydrogen) atoms. The first-order chi connectivity index (χ1) is 12.3. The molecule has 2 aromatic heterocycles. The zero-order valence-electron chi connectivity index (χ0n) is 13.8. The molecule has 0 aliphatic carbocycles. The van der Waals surface area contributed by atoms with Crippen molar-refractivity contribution in [3.63, 3.8) is 0 Å². The number of halogens is 1. The lowest BCUT2D eigenvalue weighted by Crippen LogP contribution is -2.32. The van der Waals surface area contributed by atoms with Crippen molar-refractivity contribution in [3.8, 4) is 11.5 Å². The van der Waals surface area contributed by atoms with Crippen LogP contribution in [-0.4, -0.2) is 33.2 Å². The third-order valence-corrected chi connectivity index (χ3v) is 4.58. The number of likely N-dealkylation sites (tertiary alicyclic amines) is 1. The third-order valence-electron chi connectivity index (χ3n) is 4.58. The Labute approximate surface area is 145 Å². The average Bonchev–Trinajstić information content (AvgIpc) is 3.13. The molecule has 4 rings (SSSR count). The summed E-state index contributed by atoms with van der Waals surface area (Å²) in [5.41, 5.74) is 1.85. The Kier molecular flexibility index (Phi) is 4.52. The van der Waals surface area contributed by atoms with Crippen LogP contribution in [0.4, 0.5) is 4.39 Å². The minimum Gasteiger partial charge on any atom is -0.420 e. The van der Waals surface area contributed by atoms with Gasteiger partial charge < -0.3 is 4.42 Å². The van der Waals surface area contributed by atoms with Crippen LogP contribution in [0.2, 0.25) is 0 Å². The molecule has 0 spiro atoms. The van der Waals surface area contributed by atoms with Gasteiger partial charge in [0.25, 0.3) is 0 Å². The van der Waals surface area contributed by atoms with Gasteiger partial charge >= 0.3 is 0 Å². The largest absolute Gasteiger partial charge is 0.420 e. The van der Waals surface area contributed by atoms with Crippen LogP contribution >= 0.6 is 0 Å². The van der Waals surface area contributed by atoms with E-state index in [1.807, 2.05) is 18.2 Å². The molecule has 6 heteroatoms. The Hall–Kier alpha value is -2.60. The Bertz CT molecular complexity index is 828. The molecule has 0 saturated carbocycles. The number of pyridine rings is 1. The van der Waals surface area contributed by atoms with Gasteiger partial charge in [0.2, 0.25) is 11.8 Å². The van der Waals surface area contributed by atoms with E-state index < -0.39 is 0 Å². The summed E-state index contributed by atoms with van der Waals surface area (Å²) in [5.74, 6) is 1.32. The molecule has 0 amide bonds. The van der Waals surface area contributed by atoms with E-state index in [-0.39, 0.29) is 11.7 Å². The lowest BCUT2D eigenvalue weighted by molar-refractivity contribution is 0.193. The molecule has 128 valence electrons. The maximum Gasteiger partial charge on any atom is 0.249 e. The number of rotatable bonds is 4. The second-order valence-electron chi connectivity index (χ2n) is 6.37. The molecule has 1 aliphatic heterocycles. The van der Waals surface area contributed by atoms with Crippen LogP contribution in [0, 0.1) is 5.82 Å². The standard InChI is InChI=1S/C19H19FN4O/c20-17-5-1-3-14(11-17)13-24-9-6-15(7-10-24)18-22-23-19(25-18)16-4-2-8-21-12-16/h1-5,8,11-12,15H,6-7,9-10,13H2. The predicted molar refractivity (Wildman–Crippen MR) is 91.2 cm³/mol. The summed E-state index contributed by atoms with van der Waals surface area (Å²) < 4.78 is 19.1. The van der Waals surface area contributed by atoms with Gasteiger partial charge in [-0.1, -0.05) is 12.1 Å². The SMILES string of the molecule is Fc1cccc(CN2CCC(c3nnc(-c4cccnc4)o3)CC2)c1. The Balaban J connectivity index is 1.37. The van der Waals surface area contributed by atoms with E-state index in [1.54, 1.807) is 24.5 Å². The van der Waals surface area contributed by atoms with Crippen LogP contribution < -0.4 is 0 Å². The molecule has 3 aromatic rings. The Morgan fingerprint density at radius 2 is 2.00 bits per heavy atom. The van der Waals surface area contributed by atoms with Crippen molar-refractivity contribution in [2.45, 2.75) is 25.3 Å². The lowest BCUT2D eigenvalue weighted by atomic mass is 9.96. The monoisotopic (exact) mass is 338 g/mol. The molecule has 1 fully saturated rings. The Morgan fingerprint density at radius 3 is 2.76 bits per heavy atom. The number of aromatic nitrogens is 3. The van der Waals surface area contributed by atoms with Crippen LogP contribution in [0.5, 0.6) is 0 Å². The fraction of sp³-hybridized carbons (Fsp3) is 0.316. The van der Waals surface area contributed by atoms with E-state index in [0.29, 0.717) is 11.8 Å². The van der Waals surface area contributed by atoms with E-state index in [9.17, 15) is 4.39 Å². The van der Waals surface area contributed by atoms with Crippen LogP contribution in [0.15, 0.2) is 53.2 Å². The van der Waals surface area contributed by atoms with Crippen LogP contribution in [0.25, 0.3) is 11.5 Å². The van der Waals surface area contributed by atoms with Crippen LogP contribution in [0.1, 0.15) is 30.2 Å². The lowest BCUT2D eigenvalue weighted by Gasteiger charge is -2.30. The zero-order chi connectivity index (χ0) is 17.1. The molecule has 0 bridgehead atoms. The van der Waals surface area contributed by atoms with Crippen LogP contribution in [-0.2, 0) is 6.54 Å². The van der Waals surface area contributed by atoms with E-state index in [2.05, 4.69) is 20.1 Å². The van der Waals surface area contributed by atoms with E-state index in [1.165, 1.54) is 6.07 Å². The van der Waals surface area contributed by atoms with Crippen molar-refractivity contribution >= 4 is 0 Å². The van der Waals surface area contributed by atoms with E-state index in [4.69, 9.17) is 4.42 Å². The summed E-state index contributed by atoms with van der Waals surface area (Å²) >= 11 is 0. The maximum absolute atomic E-state index is 13.3. The zero-order valence-corrected chi connectivity index (χ0v) is 13.8.